The SMILES string of the molecule is O=C(NCCNc1cc(Nc2ccccn2)ncn1)c1ccccc1Oc1ccccc1. The molecule has 0 bridgehead atoms. The van der Waals surface area contributed by atoms with Crippen LogP contribution in [0.3, 0.4) is 0 Å². The van der Waals surface area contributed by atoms with Gasteiger partial charge in [-0.05, 0) is 36.4 Å². The first-order valence-corrected chi connectivity index (χ1v) is 10.1. The fraction of sp³-hybridized carbons (Fsp3) is 0.0833. The summed E-state index contributed by atoms with van der Waals surface area (Å²) in [5.74, 6) is 2.93. The molecule has 0 fully saturated rings. The van der Waals surface area contributed by atoms with Gasteiger partial charge in [0.1, 0.15) is 35.3 Å². The number of carbonyl (C=O) groups is 1. The predicted molar refractivity (Wildman–Crippen MR) is 123 cm³/mol. The van der Waals surface area contributed by atoms with Crippen molar-refractivity contribution in [3.05, 3.63) is 97.0 Å². The lowest BCUT2D eigenvalue weighted by molar-refractivity contribution is 0.0953. The van der Waals surface area contributed by atoms with E-state index in [1.807, 2.05) is 60.7 Å². The molecule has 0 radical (unpaired) electrons. The molecular formula is C24H22N6O2. The Morgan fingerprint density at radius 2 is 1.56 bits per heavy atom. The van der Waals surface area contributed by atoms with E-state index in [9.17, 15) is 4.79 Å². The highest BCUT2D eigenvalue weighted by atomic mass is 16.5. The molecule has 32 heavy (non-hydrogen) atoms. The van der Waals surface area contributed by atoms with Gasteiger partial charge >= 0.3 is 0 Å². The van der Waals surface area contributed by atoms with Crippen molar-refractivity contribution in [2.45, 2.75) is 0 Å². The highest BCUT2D eigenvalue weighted by molar-refractivity contribution is 5.97. The fourth-order valence-corrected chi connectivity index (χ4v) is 2.91. The van der Waals surface area contributed by atoms with Crippen molar-refractivity contribution in [3.63, 3.8) is 0 Å². The fourth-order valence-electron chi connectivity index (χ4n) is 2.91. The number of amides is 1. The minimum Gasteiger partial charge on any atom is -0.457 e. The lowest BCUT2D eigenvalue weighted by Gasteiger charge is -2.12. The zero-order valence-corrected chi connectivity index (χ0v) is 17.2. The van der Waals surface area contributed by atoms with Gasteiger partial charge in [-0.1, -0.05) is 36.4 Å². The van der Waals surface area contributed by atoms with Crippen molar-refractivity contribution >= 4 is 23.4 Å². The van der Waals surface area contributed by atoms with E-state index in [-0.39, 0.29) is 5.91 Å². The van der Waals surface area contributed by atoms with Gasteiger partial charge in [-0.3, -0.25) is 4.79 Å². The van der Waals surface area contributed by atoms with Crippen LogP contribution in [-0.2, 0) is 0 Å². The van der Waals surface area contributed by atoms with E-state index >= 15 is 0 Å². The van der Waals surface area contributed by atoms with Crippen molar-refractivity contribution in [2.75, 3.05) is 23.7 Å². The van der Waals surface area contributed by atoms with Crippen LogP contribution >= 0.6 is 0 Å². The standard InChI is InChI=1S/C24H22N6O2/c31-24(19-10-4-5-11-20(19)32-18-8-2-1-3-9-18)27-15-14-26-22-16-23(29-17-28-22)30-21-12-6-7-13-25-21/h1-13,16-17H,14-15H2,(H,27,31)(H2,25,26,28,29,30). The molecule has 1 amide bonds. The summed E-state index contributed by atoms with van der Waals surface area (Å²) in [5.41, 5.74) is 0.472. The quantitative estimate of drug-likeness (QED) is 0.344. The lowest BCUT2D eigenvalue weighted by atomic mass is 10.2. The Morgan fingerprint density at radius 3 is 2.41 bits per heavy atom. The molecule has 0 saturated heterocycles. The molecule has 8 nitrogen and oxygen atoms in total. The van der Waals surface area contributed by atoms with Crippen LogP contribution in [0, 0.1) is 0 Å². The van der Waals surface area contributed by atoms with Gasteiger partial charge in [0, 0.05) is 25.4 Å². The molecule has 2 aromatic carbocycles. The number of benzene rings is 2. The number of hydrogen-bond acceptors (Lipinski definition) is 7. The van der Waals surface area contributed by atoms with Gasteiger partial charge < -0.3 is 20.7 Å². The maximum atomic E-state index is 12.7. The normalized spacial score (nSPS) is 10.2. The molecule has 0 atom stereocenters. The molecular weight excluding hydrogens is 404 g/mol. The molecule has 0 aliphatic rings. The van der Waals surface area contributed by atoms with Crippen LogP contribution in [0.1, 0.15) is 10.4 Å². The van der Waals surface area contributed by atoms with Crippen LogP contribution in [0.25, 0.3) is 0 Å². The Labute approximate surface area is 185 Å². The second-order valence-electron chi connectivity index (χ2n) is 6.72. The third-order valence-electron chi connectivity index (χ3n) is 4.41. The molecule has 4 rings (SSSR count). The maximum Gasteiger partial charge on any atom is 0.255 e. The molecule has 2 aromatic heterocycles. The third kappa shape index (κ3) is 5.79. The van der Waals surface area contributed by atoms with Gasteiger partial charge in [0.05, 0.1) is 5.56 Å². The lowest BCUT2D eigenvalue weighted by Crippen LogP contribution is -2.29. The number of rotatable bonds is 9. The summed E-state index contributed by atoms with van der Waals surface area (Å²) in [7, 11) is 0. The van der Waals surface area contributed by atoms with E-state index in [0.29, 0.717) is 47.6 Å². The summed E-state index contributed by atoms with van der Waals surface area (Å²) in [6.45, 7) is 0.902. The minimum absolute atomic E-state index is 0.210. The predicted octanol–water partition coefficient (Wildman–Crippen LogP) is 4.25. The van der Waals surface area contributed by atoms with Crippen molar-refractivity contribution in [2.24, 2.45) is 0 Å². The zero-order valence-electron chi connectivity index (χ0n) is 17.2. The van der Waals surface area contributed by atoms with E-state index in [0.717, 1.165) is 0 Å². The van der Waals surface area contributed by atoms with E-state index in [1.165, 1.54) is 6.33 Å². The van der Waals surface area contributed by atoms with Gasteiger partial charge in [-0.25, -0.2) is 15.0 Å². The molecule has 0 saturated carbocycles. The number of nitrogens with one attached hydrogen (secondary N) is 3. The molecule has 0 unspecified atom stereocenters. The number of ether oxygens (including phenoxy) is 1. The zero-order chi connectivity index (χ0) is 22.0. The number of pyridine rings is 1. The van der Waals surface area contributed by atoms with Crippen molar-refractivity contribution < 1.29 is 9.53 Å². The smallest absolute Gasteiger partial charge is 0.255 e. The van der Waals surface area contributed by atoms with Gasteiger partial charge in [0.25, 0.3) is 5.91 Å². The summed E-state index contributed by atoms with van der Waals surface area (Å²) < 4.78 is 5.86. The van der Waals surface area contributed by atoms with Crippen LogP contribution in [0.5, 0.6) is 11.5 Å². The third-order valence-corrected chi connectivity index (χ3v) is 4.41. The summed E-state index contributed by atoms with van der Waals surface area (Å²) >= 11 is 0. The Kier molecular flexibility index (Phi) is 6.85. The molecule has 4 aromatic rings. The summed E-state index contributed by atoms with van der Waals surface area (Å²) in [6.07, 6.45) is 3.16. The van der Waals surface area contributed by atoms with Crippen molar-refractivity contribution in [1.29, 1.82) is 0 Å². The number of hydrogen-bond donors (Lipinski definition) is 3. The average Bonchev–Trinajstić information content (AvgIpc) is 2.84. The Bertz CT molecular complexity index is 1160. The topological polar surface area (TPSA) is 101 Å². The van der Waals surface area contributed by atoms with E-state index < -0.39 is 0 Å². The molecule has 8 heteroatoms. The summed E-state index contributed by atoms with van der Waals surface area (Å²) in [5, 5.41) is 9.19. The molecule has 3 N–H and O–H groups in total. The first-order valence-electron chi connectivity index (χ1n) is 10.1. The number of anilines is 3. The number of carbonyl (C=O) groups excluding carboxylic acids is 1. The van der Waals surface area contributed by atoms with E-state index in [1.54, 1.807) is 24.4 Å². The largest absolute Gasteiger partial charge is 0.457 e. The minimum atomic E-state index is -0.210. The van der Waals surface area contributed by atoms with Crippen LogP contribution in [0.2, 0.25) is 0 Å². The van der Waals surface area contributed by atoms with Gasteiger partial charge in [-0.2, -0.15) is 0 Å². The van der Waals surface area contributed by atoms with Gasteiger partial charge in [-0.15, -0.1) is 0 Å². The van der Waals surface area contributed by atoms with Crippen molar-refractivity contribution in [3.8, 4) is 11.5 Å². The first-order chi connectivity index (χ1) is 15.8. The first kappa shape index (κ1) is 20.8. The molecule has 0 spiro atoms. The number of nitrogens with zero attached hydrogens (tertiary/aromatic N) is 3. The number of aromatic nitrogens is 3. The summed E-state index contributed by atoms with van der Waals surface area (Å²) in [6, 6.07) is 23.9. The van der Waals surface area contributed by atoms with Crippen LogP contribution < -0.4 is 20.7 Å². The molecule has 160 valence electrons. The average molecular weight is 426 g/mol. The Balaban J connectivity index is 1.29. The monoisotopic (exact) mass is 426 g/mol. The van der Waals surface area contributed by atoms with Gasteiger partial charge in [0.2, 0.25) is 0 Å². The highest BCUT2D eigenvalue weighted by Crippen LogP contribution is 2.24. The molecule has 0 aliphatic carbocycles. The molecule has 0 aliphatic heterocycles. The van der Waals surface area contributed by atoms with Gasteiger partial charge in [0.15, 0.2) is 0 Å². The Hall–Kier alpha value is -4.46. The highest BCUT2D eigenvalue weighted by Gasteiger charge is 2.12. The van der Waals surface area contributed by atoms with Crippen LogP contribution in [-0.4, -0.2) is 33.9 Å². The second-order valence-corrected chi connectivity index (χ2v) is 6.72. The van der Waals surface area contributed by atoms with E-state index in [2.05, 4.69) is 30.9 Å². The van der Waals surface area contributed by atoms with Crippen LogP contribution in [0.4, 0.5) is 17.5 Å². The summed E-state index contributed by atoms with van der Waals surface area (Å²) in [4.78, 5) is 25.3. The van der Waals surface area contributed by atoms with E-state index in [4.69, 9.17) is 4.74 Å². The maximum absolute atomic E-state index is 12.7. The van der Waals surface area contributed by atoms with Crippen molar-refractivity contribution in [1.82, 2.24) is 20.3 Å². The van der Waals surface area contributed by atoms with Crippen LogP contribution in [0.15, 0.2) is 91.4 Å². The second kappa shape index (κ2) is 10.5. The Morgan fingerprint density at radius 1 is 0.781 bits per heavy atom. The number of para-hydroxylation sites is 2. The molecule has 2 heterocycles.